The molecule has 0 bridgehead atoms. The Hall–Kier alpha value is -0.0800. The van der Waals surface area contributed by atoms with Crippen LogP contribution in [0.25, 0.3) is 0 Å². The van der Waals surface area contributed by atoms with Gasteiger partial charge in [0.05, 0.1) is 39.1 Å². The Morgan fingerprint density at radius 3 is 1.30 bits per heavy atom. The molecule has 1 unspecified atom stereocenters. The van der Waals surface area contributed by atoms with E-state index in [0.717, 1.165) is 0 Å². The predicted molar refractivity (Wildman–Crippen MR) is 170 cm³/mol. The van der Waals surface area contributed by atoms with E-state index in [1.54, 1.807) is 14.7 Å². The average Bonchev–Trinajstić information content (AvgIpc) is 2.81. The zero-order valence-electron chi connectivity index (χ0n) is 22.5. The van der Waals surface area contributed by atoms with Crippen molar-refractivity contribution in [1.29, 1.82) is 0 Å². The first-order chi connectivity index (χ1) is 18.6. The van der Waals surface area contributed by atoms with E-state index in [4.69, 9.17) is 0 Å². The van der Waals surface area contributed by atoms with Gasteiger partial charge in [0.1, 0.15) is 0 Å². The lowest BCUT2D eigenvalue weighted by Crippen LogP contribution is -2.59. The molecule has 4 N–H and O–H groups in total. The van der Waals surface area contributed by atoms with Crippen molar-refractivity contribution in [3.8, 4) is 0 Å². The molecule has 40 heavy (non-hydrogen) atoms. The van der Waals surface area contributed by atoms with Crippen molar-refractivity contribution >= 4 is 81.1 Å². The van der Waals surface area contributed by atoms with E-state index in [-0.39, 0.29) is 24.9 Å². The second kappa shape index (κ2) is 16.7. The van der Waals surface area contributed by atoms with Gasteiger partial charge in [-0.2, -0.15) is 63.1 Å². The Kier molecular flexibility index (Phi) is 15.1. The number of carboxylic acids is 3. The van der Waals surface area contributed by atoms with E-state index in [9.17, 15) is 34.8 Å². The summed E-state index contributed by atoms with van der Waals surface area (Å²) in [7, 11) is 0. The standard InChI is InChI=1S/C23H43N5O7S5/c29-17(1-2-28-15-22(37,38)21(36)23(39,40)16-28)11-24-3-5-25(12-18(30)31)7-9-27(14-20(34)35)10-8-26(6-4-24)13-19(32)33/h17,21,29,36-40H,1-16H2,(H,30,31)(H,32,33)(H,34,35). The highest BCUT2D eigenvalue weighted by atomic mass is 32.2. The maximum absolute atomic E-state index is 11.5. The number of piperidine rings is 1. The monoisotopic (exact) mass is 661 g/mol. The van der Waals surface area contributed by atoms with Crippen LogP contribution in [0.15, 0.2) is 0 Å². The number of aliphatic hydroxyl groups excluding tert-OH is 1. The van der Waals surface area contributed by atoms with E-state index in [1.165, 1.54) is 0 Å². The van der Waals surface area contributed by atoms with Crippen LogP contribution in [0.4, 0.5) is 0 Å². The van der Waals surface area contributed by atoms with Gasteiger partial charge in [0.25, 0.3) is 0 Å². The summed E-state index contributed by atoms with van der Waals surface area (Å²) in [5.74, 6) is -2.95. The third kappa shape index (κ3) is 13.1. The van der Waals surface area contributed by atoms with Gasteiger partial charge in [-0.1, -0.05) is 0 Å². The van der Waals surface area contributed by atoms with Gasteiger partial charge in [-0.05, 0) is 6.42 Å². The minimum absolute atomic E-state index is 0.187. The summed E-state index contributed by atoms with van der Waals surface area (Å²) in [4.78, 5) is 43.6. The summed E-state index contributed by atoms with van der Waals surface area (Å²) in [6, 6.07) is 0. The van der Waals surface area contributed by atoms with Crippen LogP contribution in [0.2, 0.25) is 0 Å². The molecule has 232 valence electrons. The Morgan fingerprint density at radius 1 is 0.650 bits per heavy atom. The van der Waals surface area contributed by atoms with Crippen LogP contribution in [0.3, 0.4) is 0 Å². The molecule has 0 amide bonds. The highest BCUT2D eigenvalue weighted by molar-refractivity contribution is 8.05. The van der Waals surface area contributed by atoms with Crippen molar-refractivity contribution in [3.63, 3.8) is 0 Å². The molecule has 2 saturated heterocycles. The molecule has 0 radical (unpaired) electrons. The van der Waals surface area contributed by atoms with Crippen LogP contribution < -0.4 is 0 Å². The molecule has 17 heteroatoms. The number of β-amino-alcohol motifs (C(OH)–C–C–N with tert-alkyl or cyclic N) is 1. The van der Waals surface area contributed by atoms with Gasteiger partial charge < -0.3 is 20.4 Å². The number of hydrogen-bond acceptors (Lipinski definition) is 14. The topological polar surface area (TPSA) is 148 Å². The Morgan fingerprint density at radius 2 is 0.975 bits per heavy atom. The minimum atomic E-state index is -0.999. The summed E-state index contributed by atoms with van der Waals surface area (Å²) in [6.45, 7) is 4.48. The number of rotatable bonds is 11. The second-order valence-corrected chi connectivity index (χ2v) is 15.0. The van der Waals surface area contributed by atoms with E-state index in [0.29, 0.717) is 85.0 Å². The Bertz CT molecular complexity index is 809. The fraction of sp³-hybridized carbons (Fsp3) is 0.870. The van der Waals surface area contributed by atoms with Crippen molar-refractivity contribution in [3.05, 3.63) is 0 Å². The second-order valence-electron chi connectivity index (χ2n) is 10.6. The number of nitrogens with zero attached hydrogens (tertiary/aromatic N) is 5. The van der Waals surface area contributed by atoms with Gasteiger partial charge in [-0.25, -0.2) is 0 Å². The molecule has 2 aliphatic rings. The summed E-state index contributed by atoms with van der Waals surface area (Å²) in [5.41, 5.74) is 0. The Balaban J connectivity index is 2.06. The lowest BCUT2D eigenvalue weighted by atomic mass is 10.1. The molecule has 2 rings (SSSR count). The lowest BCUT2D eigenvalue weighted by molar-refractivity contribution is -0.140. The number of carboxylic acid groups (broad SMARTS) is 3. The average molecular weight is 662 g/mol. The molecule has 0 saturated carbocycles. The van der Waals surface area contributed by atoms with Gasteiger partial charge in [-0.3, -0.25) is 38.9 Å². The van der Waals surface area contributed by atoms with Crippen molar-refractivity contribution in [2.45, 2.75) is 25.9 Å². The number of carbonyl (C=O) groups is 3. The van der Waals surface area contributed by atoms with Gasteiger partial charge in [0.2, 0.25) is 0 Å². The summed E-state index contributed by atoms with van der Waals surface area (Å²) in [6.07, 6.45) is -0.220. The number of aliphatic carboxylic acids is 3. The molecule has 2 heterocycles. The molecule has 0 spiro atoms. The molecule has 0 aromatic heterocycles. The smallest absolute Gasteiger partial charge is 0.317 e. The van der Waals surface area contributed by atoms with Crippen molar-refractivity contribution in [1.82, 2.24) is 24.5 Å². The van der Waals surface area contributed by atoms with E-state index < -0.39 is 32.2 Å². The van der Waals surface area contributed by atoms with Crippen LogP contribution in [0.1, 0.15) is 6.42 Å². The molecule has 1 atom stereocenters. The van der Waals surface area contributed by atoms with Crippen molar-refractivity contribution in [2.24, 2.45) is 0 Å². The summed E-state index contributed by atoms with van der Waals surface area (Å²) in [5, 5.41) is 38.7. The number of aliphatic hydroxyl groups is 1. The van der Waals surface area contributed by atoms with Crippen LogP contribution in [-0.2, 0) is 14.4 Å². The fourth-order valence-corrected chi connectivity index (χ4v) is 7.20. The first-order valence-electron chi connectivity index (χ1n) is 13.1. The van der Waals surface area contributed by atoms with Crippen LogP contribution in [0, 0.1) is 0 Å². The number of likely N-dealkylation sites (tertiary alicyclic amines) is 1. The zero-order chi connectivity index (χ0) is 30.1. The SMILES string of the molecule is O=C(O)CN1CCN(CC(=O)O)CCN(CC(O)CCN2CC(S)(S)C(S)C(S)(S)C2)CCN(CC(=O)O)CC1. The quantitative estimate of drug-likeness (QED) is 0.0983. The lowest BCUT2D eigenvalue weighted by Gasteiger charge is -2.49. The van der Waals surface area contributed by atoms with Crippen molar-refractivity contribution in [2.75, 3.05) is 98.2 Å². The number of hydrogen-bond donors (Lipinski definition) is 9. The molecule has 2 aliphatic heterocycles. The van der Waals surface area contributed by atoms with Crippen LogP contribution >= 0.6 is 63.1 Å². The zero-order valence-corrected chi connectivity index (χ0v) is 26.9. The minimum Gasteiger partial charge on any atom is -0.480 e. The first-order valence-corrected chi connectivity index (χ1v) is 15.4. The molecule has 0 aromatic rings. The van der Waals surface area contributed by atoms with Gasteiger partial charge in [0.15, 0.2) is 0 Å². The molecule has 12 nitrogen and oxygen atoms in total. The highest BCUT2D eigenvalue weighted by Gasteiger charge is 2.48. The largest absolute Gasteiger partial charge is 0.480 e. The predicted octanol–water partition coefficient (Wildman–Crippen LogP) is -1.06. The van der Waals surface area contributed by atoms with Gasteiger partial charge >= 0.3 is 17.9 Å². The third-order valence-corrected chi connectivity index (χ3v) is 10.3. The van der Waals surface area contributed by atoms with E-state index in [1.807, 2.05) is 4.90 Å². The fourth-order valence-electron chi connectivity index (χ4n) is 4.95. The van der Waals surface area contributed by atoms with E-state index in [2.05, 4.69) is 68.0 Å². The first kappa shape index (κ1) is 36.1. The van der Waals surface area contributed by atoms with E-state index >= 15 is 0 Å². The maximum Gasteiger partial charge on any atom is 0.317 e. The third-order valence-electron chi connectivity index (χ3n) is 7.04. The van der Waals surface area contributed by atoms with Crippen LogP contribution in [-0.4, -0.2) is 181 Å². The molecule has 2 fully saturated rings. The summed E-state index contributed by atoms with van der Waals surface area (Å²) < 4.78 is -1.43. The highest BCUT2D eigenvalue weighted by Crippen LogP contribution is 2.45. The van der Waals surface area contributed by atoms with Gasteiger partial charge in [-0.15, -0.1) is 0 Å². The number of thiol groups is 5. The maximum atomic E-state index is 11.5. The molecular formula is C23H43N5O7S5. The molecule has 0 aromatic carbocycles. The van der Waals surface area contributed by atoms with Crippen LogP contribution in [0.5, 0.6) is 0 Å². The summed E-state index contributed by atoms with van der Waals surface area (Å²) >= 11 is 23.1. The molecule has 0 aliphatic carbocycles. The normalized spacial score (nSPS) is 24.1. The molecular weight excluding hydrogens is 619 g/mol. The van der Waals surface area contributed by atoms with Crippen molar-refractivity contribution < 1.29 is 34.8 Å². The Labute approximate surface area is 263 Å². The van der Waals surface area contributed by atoms with Gasteiger partial charge in [0, 0.05) is 78.5 Å².